The second-order valence-electron chi connectivity index (χ2n) is 6.75. The van der Waals surface area contributed by atoms with Gasteiger partial charge in [-0.15, -0.1) is 0 Å². The highest BCUT2D eigenvalue weighted by Crippen LogP contribution is 2.24. The van der Waals surface area contributed by atoms with E-state index < -0.39 is 15.8 Å². The number of hydrogen-bond acceptors (Lipinski definition) is 5. The van der Waals surface area contributed by atoms with E-state index in [1.165, 1.54) is 19.2 Å². The van der Waals surface area contributed by atoms with E-state index >= 15 is 0 Å². The van der Waals surface area contributed by atoms with Crippen molar-refractivity contribution in [2.75, 3.05) is 19.4 Å². The summed E-state index contributed by atoms with van der Waals surface area (Å²) in [6, 6.07) is 6.27. The fourth-order valence-electron chi connectivity index (χ4n) is 3.29. The van der Waals surface area contributed by atoms with Crippen LogP contribution < -0.4 is 15.8 Å². The summed E-state index contributed by atoms with van der Waals surface area (Å²) in [7, 11) is -2.01. The average molecular weight is 368 g/mol. The van der Waals surface area contributed by atoms with E-state index in [1.807, 2.05) is 0 Å². The Labute approximate surface area is 150 Å². The van der Waals surface area contributed by atoms with Crippen molar-refractivity contribution >= 4 is 15.7 Å². The molecule has 1 amide bonds. The number of sulfone groups is 1. The van der Waals surface area contributed by atoms with Crippen molar-refractivity contribution in [2.24, 2.45) is 17.6 Å². The molecule has 1 aromatic carbocycles. The Morgan fingerprint density at radius 2 is 1.92 bits per heavy atom. The van der Waals surface area contributed by atoms with Gasteiger partial charge >= 0.3 is 0 Å². The number of nitrogens with one attached hydrogen (secondary N) is 1. The van der Waals surface area contributed by atoms with Crippen LogP contribution in [-0.4, -0.2) is 39.8 Å². The number of nitrogens with two attached hydrogens (primary N) is 1. The predicted molar refractivity (Wildman–Crippen MR) is 97.2 cm³/mol. The Kier molecular flexibility index (Phi) is 6.84. The van der Waals surface area contributed by atoms with Crippen LogP contribution >= 0.6 is 0 Å². The fraction of sp³-hybridized carbons (Fsp3) is 0.611. The van der Waals surface area contributed by atoms with Crippen LogP contribution in [0.3, 0.4) is 0 Å². The van der Waals surface area contributed by atoms with Gasteiger partial charge in [0.2, 0.25) is 5.91 Å². The van der Waals surface area contributed by atoms with Gasteiger partial charge < -0.3 is 15.8 Å². The van der Waals surface area contributed by atoms with Crippen LogP contribution in [0.4, 0.5) is 0 Å². The summed E-state index contributed by atoms with van der Waals surface area (Å²) < 4.78 is 30.1. The zero-order valence-corrected chi connectivity index (χ0v) is 15.7. The fourth-order valence-corrected chi connectivity index (χ4v) is 4.84. The van der Waals surface area contributed by atoms with Gasteiger partial charge in [0.15, 0.2) is 9.84 Å². The molecule has 0 bridgehead atoms. The average Bonchev–Trinajstić information content (AvgIpc) is 2.61. The molecule has 3 N–H and O–H groups in total. The van der Waals surface area contributed by atoms with Crippen LogP contribution in [0.25, 0.3) is 0 Å². The van der Waals surface area contributed by atoms with Crippen LogP contribution in [0, 0.1) is 11.8 Å². The maximum Gasteiger partial charge on any atom is 0.224 e. The highest BCUT2D eigenvalue weighted by Gasteiger charge is 2.29. The van der Waals surface area contributed by atoms with E-state index in [2.05, 4.69) is 5.32 Å². The topological polar surface area (TPSA) is 98.5 Å². The van der Waals surface area contributed by atoms with Crippen molar-refractivity contribution in [1.82, 2.24) is 5.32 Å². The molecule has 1 fully saturated rings. The summed E-state index contributed by atoms with van der Waals surface area (Å²) in [5.74, 6) is -0.182. The van der Waals surface area contributed by atoms with Gasteiger partial charge in [0.1, 0.15) is 5.75 Å². The molecule has 6 nitrogen and oxygen atoms in total. The standard InChI is InChI=1S/C18H28N2O4S/c1-13(18(21)20-17-6-4-3-5-14(17)11-19)12-25(22,23)16-9-7-15(24-2)8-10-16/h7-10,13-14,17H,3-6,11-12,19H2,1-2H3,(H,20,21). The summed E-state index contributed by atoms with van der Waals surface area (Å²) in [4.78, 5) is 12.6. The number of amides is 1. The van der Waals surface area contributed by atoms with Gasteiger partial charge in [0, 0.05) is 12.0 Å². The molecule has 140 valence electrons. The summed E-state index contributed by atoms with van der Waals surface area (Å²) in [5.41, 5.74) is 5.79. The summed E-state index contributed by atoms with van der Waals surface area (Å²) >= 11 is 0. The Morgan fingerprint density at radius 1 is 1.28 bits per heavy atom. The Bertz CT molecular complexity index is 673. The first-order chi connectivity index (χ1) is 11.9. The molecule has 1 saturated carbocycles. The SMILES string of the molecule is COc1ccc(S(=O)(=O)CC(C)C(=O)NC2CCCCC2CN)cc1. The first-order valence-corrected chi connectivity index (χ1v) is 10.4. The maximum atomic E-state index is 12.5. The molecule has 7 heteroatoms. The molecule has 0 aromatic heterocycles. The van der Waals surface area contributed by atoms with Crippen LogP contribution in [0.5, 0.6) is 5.75 Å². The van der Waals surface area contributed by atoms with E-state index in [9.17, 15) is 13.2 Å². The molecule has 2 rings (SSSR count). The van der Waals surface area contributed by atoms with Crippen LogP contribution in [-0.2, 0) is 14.6 Å². The predicted octanol–water partition coefficient (Wildman–Crippen LogP) is 1.74. The molecule has 0 radical (unpaired) electrons. The Morgan fingerprint density at radius 3 is 2.52 bits per heavy atom. The second-order valence-corrected chi connectivity index (χ2v) is 8.79. The molecule has 0 spiro atoms. The third kappa shape index (κ3) is 5.19. The van der Waals surface area contributed by atoms with Gasteiger partial charge in [-0.05, 0) is 49.6 Å². The monoisotopic (exact) mass is 368 g/mol. The number of hydrogen-bond donors (Lipinski definition) is 2. The zero-order chi connectivity index (χ0) is 18.4. The second kappa shape index (κ2) is 8.67. The van der Waals surface area contributed by atoms with E-state index in [1.54, 1.807) is 19.1 Å². The maximum absolute atomic E-state index is 12.5. The van der Waals surface area contributed by atoms with Gasteiger partial charge in [0.05, 0.1) is 17.8 Å². The molecule has 3 unspecified atom stereocenters. The van der Waals surface area contributed by atoms with Crippen molar-refractivity contribution in [3.63, 3.8) is 0 Å². The third-order valence-electron chi connectivity index (χ3n) is 4.88. The van der Waals surface area contributed by atoms with Crippen LogP contribution in [0.2, 0.25) is 0 Å². The molecule has 0 saturated heterocycles. The molecule has 25 heavy (non-hydrogen) atoms. The van der Waals surface area contributed by atoms with Crippen LogP contribution in [0.1, 0.15) is 32.6 Å². The highest BCUT2D eigenvalue weighted by molar-refractivity contribution is 7.91. The molecular formula is C18H28N2O4S. The van der Waals surface area contributed by atoms with Gasteiger partial charge in [-0.25, -0.2) is 8.42 Å². The summed E-state index contributed by atoms with van der Waals surface area (Å²) in [5, 5.41) is 3.01. The lowest BCUT2D eigenvalue weighted by atomic mass is 9.84. The Hall–Kier alpha value is -1.60. The minimum absolute atomic E-state index is 0.0531. The van der Waals surface area contributed by atoms with Crippen molar-refractivity contribution in [2.45, 2.75) is 43.5 Å². The number of carbonyl (C=O) groups excluding carboxylic acids is 1. The van der Waals surface area contributed by atoms with Gasteiger partial charge in [-0.2, -0.15) is 0 Å². The molecule has 3 atom stereocenters. The third-order valence-corrected chi connectivity index (χ3v) is 6.80. The van der Waals surface area contributed by atoms with E-state index in [0.717, 1.165) is 25.7 Å². The van der Waals surface area contributed by atoms with Crippen molar-refractivity contribution in [3.05, 3.63) is 24.3 Å². The number of methoxy groups -OCH3 is 1. The molecule has 0 heterocycles. The zero-order valence-electron chi connectivity index (χ0n) is 14.9. The van der Waals surface area contributed by atoms with E-state index in [-0.39, 0.29) is 28.5 Å². The van der Waals surface area contributed by atoms with Crippen LogP contribution in [0.15, 0.2) is 29.2 Å². The molecule has 0 aliphatic heterocycles. The minimum Gasteiger partial charge on any atom is -0.497 e. The van der Waals surface area contributed by atoms with Gasteiger partial charge in [-0.3, -0.25) is 4.79 Å². The lowest BCUT2D eigenvalue weighted by Gasteiger charge is -2.32. The summed E-state index contributed by atoms with van der Waals surface area (Å²) in [6.07, 6.45) is 4.13. The first-order valence-electron chi connectivity index (χ1n) is 8.74. The first kappa shape index (κ1) is 19.7. The number of carbonyl (C=O) groups is 1. The Balaban J connectivity index is 1.99. The number of benzene rings is 1. The lowest BCUT2D eigenvalue weighted by molar-refractivity contribution is -0.125. The molecule has 1 aliphatic rings. The smallest absolute Gasteiger partial charge is 0.224 e. The largest absolute Gasteiger partial charge is 0.497 e. The van der Waals surface area contributed by atoms with Crippen molar-refractivity contribution < 1.29 is 17.9 Å². The lowest BCUT2D eigenvalue weighted by Crippen LogP contribution is -2.47. The molecule has 1 aromatic rings. The number of rotatable bonds is 7. The van der Waals surface area contributed by atoms with E-state index in [4.69, 9.17) is 10.5 Å². The quantitative estimate of drug-likeness (QED) is 0.764. The molecule has 1 aliphatic carbocycles. The van der Waals surface area contributed by atoms with Crippen molar-refractivity contribution in [1.29, 1.82) is 0 Å². The van der Waals surface area contributed by atoms with Gasteiger partial charge in [-0.1, -0.05) is 19.8 Å². The normalized spacial score (nSPS) is 22.2. The van der Waals surface area contributed by atoms with Gasteiger partial charge in [0.25, 0.3) is 0 Å². The minimum atomic E-state index is -3.53. The number of ether oxygens (including phenoxy) is 1. The summed E-state index contributed by atoms with van der Waals surface area (Å²) in [6.45, 7) is 2.19. The van der Waals surface area contributed by atoms with E-state index in [0.29, 0.717) is 12.3 Å². The highest BCUT2D eigenvalue weighted by atomic mass is 32.2. The van der Waals surface area contributed by atoms with Crippen molar-refractivity contribution in [3.8, 4) is 5.75 Å². The molecular weight excluding hydrogens is 340 g/mol.